The standard InChI is InChI=1S/C19H22N4O4S/c1-21(14-17-6-4-12-27-17)15-19(24)22-8-10-23(11-9-22)28(25,26)18-7-3-2-5-16(18)13-20/h2-7,12H,8-11,14-15H2,1H3/p+1. The van der Waals surface area contributed by atoms with Crippen molar-refractivity contribution >= 4 is 15.9 Å². The Kier molecular flexibility index (Phi) is 6.14. The lowest BCUT2D eigenvalue weighted by atomic mass is 10.2. The van der Waals surface area contributed by atoms with E-state index in [0.717, 1.165) is 10.7 Å². The second-order valence-electron chi connectivity index (χ2n) is 6.78. The molecule has 148 valence electrons. The Labute approximate surface area is 164 Å². The summed E-state index contributed by atoms with van der Waals surface area (Å²) in [6.45, 7) is 2.01. The molecule has 0 aliphatic carbocycles. The molecular formula is C19H23N4O4S+. The van der Waals surface area contributed by atoms with E-state index >= 15 is 0 Å². The van der Waals surface area contributed by atoms with Crippen molar-refractivity contribution in [1.82, 2.24) is 9.21 Å². The van der Waals surface area contributed by atoms with E-state index in [2.05, 4.69) is 0 Å². The fourth-order valence-corrected chi connectivity index (χ4v) is 4.81. The van der Waals surface area contributed by atoms with Crippen LogP contribution in [0.25, 0.3) is 0 Å². The molecule has 1 saturated heterocycles. The smallest absolute Gasteiger partial charge is 0.277 e. The van der Waals surface area contributed by atoms with Gasteiger partial charge in [-0.3, -0.25) is 4.79 Å². The molecule has 0 spiro atoms. The number of rotatable bonds is 6. The zero-order valence-electron chi connectivity index (χ0n) is 15.7. The molecule has 0 bridgehead atoms. The SMILES string of the molecule is C[NH+](CC(=O)N1CCN(S(=O)(=O)c2ccccc2C#N)CC1)Cc1ccco1. The number of piperazine rings is 1. The van der Waals surface area contributed by atoms with Gasteiger partial charge in [0.1, 0.15) is 12.6 Å². The van der Waals surface area contributed by atoms with Crippen molar-refractivity contribution in [2.75, 3.05) is 39.8 Å². The number of nitrogens with one attached hydrogen (secondary N) is 1. The van der Waals surface area contributed by atoms with E-state index in [1.54, 1.807) is 23.3 Å². The lowest BCUT2D eigenvalue weighted by molar-refractivity contribution is -0.886. The van der Waals surface area contributed by atoms with E-state index in [1.165, 1.54) is 16.4 Å². The number of benzene rings is 1. The average Bonchev–Trinajstić information content (AvgIpc) is 3.20. The van der Waals surface area contributed by atoms with Gasteiger partial charge in [-0.15, -0.1) is 0 Å². The number of furan rings is 1. The highest BCUT2D eigenvalue weighted by molar-refractivity contribution is 7.89. The van der Waals surface area contributed by atoms with Crippen molar-refractivity contribution in [3.05, 3.63) is 54.0 Å². The third kappa shape index (κ3) is 4.42. The normalized spacial score (nSPS) is 16.5. The lowest BCUT2D eigenvalue weighted by Gasteiger charge is -2.34. The summed E-state index contributed by atoms with van der Waals surface area (Å²) in [5.41, 5.74) is 0.129. The molecule has 9 heteroatoms. The van der Waals surface area contributed by atoms with E-state index in [0.29, 0.717) is 26.2 Å². The summed E-state index contributed by atoms with van der Waals surface area (Å²) in [6.07, 6.45) is 1.61. The number of likely N-dealkylation sites (N-methyl/N-ethyl adjacent to an activating group) is 1. The van der Waals surface area contributed by atoms with Crippen LogP contribution in [0.1, 0.15) is 11.3 Å². The van der Waals surface area contributed by atoms with E-state index in [1.807, 2.05) is 25.2 Å². The number of amides is 1. The van der Waals surface area contributed by atoms with E-state index in [-0.39, 0.29) is 29.5 Å². The van der Waals surface area contributed by atoms with Gasteiger partial charge < -0.3 is 14.2 Å². The molecule has 1 unspecified atom stereocenters. The zero-order valence-corrected chi connectivity index (χ0v) is 16.5. The lowest BCUT2D eigenvalue weighted by Crippen LogP contribution is -3.08. The summed E-state index contributed by atoms with van der Waals surface area (Å²) in [5, 5.41) is 9.18. The molecule has 28 heavy (non-hydrogen) atoms. The van der Waals surface area contributed by atoms with Crippen LogP contribution in [0.2, 0.25) is 0 Å². The summed E-state index contributed by atoms with van der Waals surface area (Å²) in [4.78, 5) is 15.2. The highest BCUT2D eigenvalue weighted by Crippen LogP contribution is 2.21. The van der Waals surface area contributed by atoms with Gasteiger partial charge in [-0.1, -0.05) is 12.1 Å². The molecule has 1 aliphatic heterocycles. The van der Waals surface area contributed by atoms with Crippen molar-refractivity contribution in [3.8, 4) is 6.07 Å². The van der Waals surface area contributed by atoms with Gasteiger partial charge in [0.25, 0.3) is 5.91 Å². The minimum absolute atomic E-state index is 0.0138. The van der Waals surface area contributed by atoms with Gasteiger partial charge in [-0.2, -0.15) is 9.57 Å². The summed E-state index contributed by atoms with van der Waals surface area (Å²) in [6, 6.07) is 11.8. The number of hydrogen-bond acceptors (Lipinski definition) is 5. The molecule has 2 aromatic rings. The van der Waals surface area contributed by atoms with E-state index in [9.17, 15) is 18.5 Å². The molecule has 1 aliphatic rings. The van der Waals surface area contributed by atoms with Crippen molar-refractivity contribution in [2.45, 2.75) is 11.4 Å². The highest BCUT2D eigenvalue weighted by Gasteiger charge is 2.32. The van der Waals surface area contributed by atoms with Crippen LogP contribution >= 0.6 is 0 Å². The number of quaternary nitrogens is 1. The topological polar surface area (TPSA) is 99.1 Å². The Balaban J connectivity index is 1.58. The minimum atomic E-state index is -3.76. The van der Waals surface area contributed by atoms with Crippen molar-refractivity contribution < 1.29 is 22.5 Å². The number of carbonyl (C=O) groups excluding carboxylic acids is 1. The predicted molar refractivity (Wildman–Crippen MR) is 101 cm³/mol. The summed E-state index contributed by atoms with van der Waals surface area (Å²) in [7, 11) is -1.84. The molecule has 1 aromatic heterocycles. The quantitative estimate of drug-likeness (QED) is 0.714. The second kappa shape index (κ2) is 8.56. The zero-order chi connectivity index (χ0) is 20.1. The molecule has 2 heterocycles. The van der Waals surface area contributed by atoms with Crippen LogP contribution < -0.4 is 4.90 Å². The first-order valence-electron chi connectivity index (χ1n) is 9.02. The van der Waals surface area contributed by atoms with Gasteiger partial charge in [-0.05, 0) is 24.3 Å². The molecule has 0 saturated carbocycles. The maximum atomic E-state index is 12.9. The molecule has 0 radical (unpaired) electrons. The number of sulfonamides is 1. The average molecular weight is 403 g/mol. The van der Waals surface area contributed by atoms with Crippen LogP contribution in [-0.4, -0.2) is 63.3 Å². The molecule has 1 amide bonds. The molecular weight excluding hydrogens is 380 g/mol. The molecule has 1 atom stereocenters. The predicted octanol–water partition coefficient (Wildman–Crippen LogP) is -0.301. The van der Waals surface area contributed by atoms with E-state index < -0.39 is 10.0 Å². The monoisotopic (exact) mass is 403 g/mol. The maximum Gasteiger partial charge on any atom is 0.277 e. The minimum Gasteiger partial charge on any atom is -0.463 e. The summed E-state index contributed by atoms with van der Waals surface area (Å²) in [5.74, 6) is 0.802. The Bertz CT molecular complexity index is 958. The molecule has 1 fully saturated rings. The Hall–Kier alpha value is -2.67. The van der Waals surface area contributed by atoms with Gasteiger partial charge >= 0.3 is 0 Å². The van der Waals surface area contributed by atoms with Crippen LogP contribution in [-0.2, 0) is 21.4 Å². The Morgan fingerprint density at radius 1 is 1.18 bits per heavy atom. The first-order valence-corrected chi connectivity index (χ1v) is 10.5. The third-order valence-corrected chi connectivity index (χ3v) is 6.68. The van der Waals surface area contributed by atoms with E-state index in [4.69, 9.17) is 4.42 Å². The summed E-state index contributed by atoms with van der Waals surface area (Å²) >= 11 is 0. The maximum absolute atomic E-state index is 12.9. The van der Waals surface area contributed by atoms with Crippen molar-refractivity contribution in [3.63, 3.8) is 0 Å². The molecule has 1 N–H and O–H groups in total. The number of nitriles is 1. The van der Waals surface area contributed by atoms with Crippen molar-refractivity contribution in [2.24, 2.45) is 0 Å². The molecule has 3 rings (SSSR count). The molecule has 1 aromatic carbocycles. The van der Waals surface area contributed by atoms with Crippen molar-refractivity contribution in [1.29, 1.82) is 5.26 Å². The van der Waals surface area contributed by atoms with Gasteiger partial charge in [-0.25, -0.2) is 8.42 Å². The Morgan fingerprint density at radius 3 is 2.54 bits per heavy atom. The van der Waals surface area contributed by atoms with Crippen LogP contribution in [0.15, 0.2) is 52.0 Å². The fraction of sp³-hybridized carbons (Fsp3) is 0.368. The first-order chi connectivity index (χ1) is 13.4. The van der Waals surface area contributed by atoms with Crippen LogP contribution in [0, 0.1) is 11.3 Å². The van der Waals surface area contributed by atoms with Crippen LogP contribution in [0.3, 0.4) is 0 Å². The van der Waals surface area contributed by atoms with Crippen LogP contribution in [0.5, 0.6) is 0 Å². The van der Waals surface area contributed by atoms with Gasteiger partial charge in [0, 0.05) is 26.2 Å². The van der Waals surface area contributed by atoms with Gasteiger partial charge in [0.15, 0.2) is 12.3 Å². The second-order valence-corrected chi connectivity index (χ2v) is 8.69. The van der Waals surface area contributed by atoms with Gasteiger partial charge in [0.2, 0.25) is 10.0 Å². The first kappa shape index (κ1) is 20.1. The highest BCUT2D eigenvalue weighted by atomic mass is 32.2. The fourth-order valence-electron chi connectivity index (χ4n) is 3.24. The Morgan fingerprint density at radius 2 is 1.89 bits per heavy atom. The third-order valence-electron chi connectivity index (χ3n) is 4.73. The number of hydrogen-bond donors (Lipinski definition) is 1. The van der Waals surface area contributed by atoms with Gasteiger partial charge in [0.05, 0.1) is 23.8 Å². The number of carbonyl (C=O) groups is 1. The van der Waals surface area contributed by atoms with Crippen LogP contribution in [0.4, 0.5) is 0 Å². The largest absolute Gasteiger partial charge is 0.463 e. The molecule has 8 nitrogen and oxygen atoms in total. The summed E-state index contributed by atoms with van der Waals surface area (Å²) < 4.78 is 32.4. The number of nitrogens with zero attached hydrogens (tertiary/aromatic N) is 3.